The number of nitrogens with one attached hydrogen (secondary N) is 1. The smallest absolute Gasteiger partial charge is 0.251 e. The molecule has 0 atom stereocenters. The van der Waals surface area contributed by atoms with E-state index in [1.54, 1.807) is 25.4 Å². The summed E-state index contributed by atoms with van der Waals surface area (Å²) in [5, 5.41) is 2.71. The van der Waals surface area contributed by atoms with Crippen molar-refractivity contribution >= 4 is 5.91 Å². The van der Waals surface area contributed by atoms with Crippen molar-refractivity contribution in [1.82, 2.24) is 10.3 Å². The number of ether oxygens (including phenoxy) is 1. The van der Waals surface area contributed by atoms with Gasteiger partial charge in [-0.25, -0.2) is 4.39 Å². The van der Waals surface area contributed by atoms with Crippen LogP contribution in [0.2, 0.25) is 0 Å². The molecule has 0 fully saturated rings. The lowest BCUT2D eigenvalue weighted by Gasteiger charge is -2.08. The van der Waals surface area contributed by atoms with Gasteiger partial charge in [0, 0.05) is 24.5 Å². The maximum absolute atomic E-state index is 13.6. The Bertz CT molecular complexity index is 588. The van der Waals surface area contributed by atoms with Gasteiger partial charge in [-0.05, 0) is 36.8 Å². The van der Waals surface area contributed by atoms with E-state index in [0.717, 1.165) is 5.56 Å². The first kappa shape index (κ1) is 14.0. The quantitative estimate of drug-likeness (QED) is 0.911. The van der Waals surface area contributed by atoms with Gasteiger partial charge >= 0.3 is 0 Å². The summed E-state index contributed by atoms with van der Waals surface area (Å²) >= 11 is 0. The van der Waals surface area contributed by atoms with Crippen LogP contribution in [0.25, 0.3) is 0 Å². The van der Waals surface area contributed by atoms with Gasteiger partial charge in [0.05, 0.1) is 6.61 Å². The molecule has 0 aliphatic heterocycles. The standard InChI is InChI=1S/C15H15FN2O2/c1-2-20-14-6-5-12(8-13(14)16)15(19)18-10-11-4-3-7-17-9-11/h3-9H,2,10H2,1H3,(H,18,19). The summed E-state index contributed by atoms with van der Waals surface area (Å²) < 4.78 is 18.7. The van der Waals surface area contributed by atoms with E-state index in [0.29, 0.717) is 13.2 Å². The molecule has 0 bridgehead atoms. The second-order valence-electron chi connectivity index (χ2n) is 4.12. The predicted octanol–water partition coefficient (Wildman–Crippen LogP) is 2.55. The van der Waals surface area contributed by atoms with Crippen LogP contribution in [0.5, 0.6) is 5.75 Å². The lowest BCUT2D eigenvalue weighted by atomic mass is 10.2. The molecule has 0 aliphatic rings. The Morgan fingerprint density at radius 3 is 2.90 bits per heavy atom. The number of hydrogen-bond donors (Lipinski definition) is 1. The van der Waals surface area contributed by atoms with Crippen LogP contribution in [0, 0.1) is 5.82 Å². The van der Waals surface area contributed by atoms with Crippen molar-refractivity contribution in [2.75, 3.05) is 6.61 Å². The van der Waals surface area contributed by atoms with Crippen LogP contribution in [-0.4, -0.2) is 17.5 Å². The summed E-state index contributed by atoms with van der Waals surface area (Å²) in [5.74, 6) is -0.729. The Labute approximate surface area is 116 Å². The molecule has 104 valence electrons. The molecule has 2 aromatic rings. The van der Waals surface area contributed by atoms with Gasteiger partial charge in [0.1, 0.15) is 0 Å². The molecule has 0 aliphatic carbocycles. The Balaban J connectivity index is 2.00. The van der Waals surface area contributed by atoms with Crippen molar-refractivity contribution in [1.29, 1.82) is 0 Å². The molecule has 0 radical (unpaired) electrons. The highest BCUT2D eigenvalue weighted by molar-refractivity contribution is 5.94. The van der Waals surface area contributed by atoms with E-state index >= 15 is 0 Å². The molecule has 1 aromatic carbocycles. The molecule has 4 nitrogen and oxygen atoms in total. The minimum absolute atomic E-state index is 0.149. The fraction of sp³-hybridized carbons (Fsp3) is 0.200. The van der Waals surface area contributed by atoms with E-state index in [-0.39, 0.29) is 17.2 Å². The topological polar surface area (TPSA) is 51.2 Å². The lowest BCUT2D eigenvalue weighted by Crippen LogP contribution is -2.23. The van der Waals surface area contributed by atoms with E-state index in [2.05, 4.69) is 10.3 Å². The van der Waals surface area contributed by atoms with Crippen molar-refractivity contribution in [2.45, 2.75) is 13.5 Å². The van der Waals surface area contributed by atoms with E-state index in [1.165, 1.54) is 18.2 Å². The Kier molecular flexibility index (Phi) is 4.65. The molecule has 0 spiro atoms. The summed E-state index contributed by atoms with van der Waals surface area (Å²) in [5.41, 5.74) is 1.14. The number of hydrogen-bond acceptors (Lipinski definition) is 3. The molecule has 2 rings (SSSR count). The summed E-state index contributed by atoms with van der Waals surface area (Å²) in [6.07, 6.45) is 3.33. The number of pyridine rings is 1. The van der Waals surface area contributed by atoms with Gasteiger partial charge in [-0.1, -0.05) is 6.07 Å². The van der Waals surface area contributed by atoms with Gasteiger partial charge < -0.3 is 10.1 Å². The maximum Gasteiger partial charge on any atom is 0.251 e. The third-order valence-corrected chi connectivity index (χ3v) is 2.67. The third-order valence-electron chi connectivity index (χ3n) is 2.67. The number of rotatable bonds is 5. The molecule has 1 heterocycles. The van der Waals surface area contributed by atoms with E-state index in [9.17, 15) is 9.18 Å². The first-order valence-corrected chi connectivity index (χ1v) is 6.30. The van der Waals surface area contributed by atoms with Crippen LogP contribution in [-0.2, 0) is 6.54 Å². The molecular formula is C15H15FN2O2. The second-order valence-corrected chi connectivity index (χ2v) is 4.12. The molecule has 0 saturated carbocycles. The van der Waals surface area contributed by atoms with Gasteiger partial charge in [-0.2, -0.15) is 0 Å². The third kappa shape index (κ3) is 3.54. The van der Waals surface area contributed by atoms with E-state index < -0.39 is 5.82 Å². The van der Waals surface area contributed by atoms with Gasteiger partial charge in [0.25, 0.3) is 5.91 Å². The minimum atomic E-state index is -0.541. The summed E-state index contributed by atoms with van der Waals surface area (Å²) in [4.78, 5) is 15.9. The van der Waals surface area contributed by atoms with Crippen molar-refractivity contribution < 1.29 is 13.9 Å². The first-order valence-electron chi connectivity index (χ1n) is 6.30. The zero-order chi connectivity index (χ0) is 14.4. The first-order chi connectivity index (χ1) is 9.70. The van der Waals surface area contributed by atoms with Crippen LogP contribution in [0.3, 0.4) is 0 Å². The fourth-order valence-corrected chi connectivity index (χ4v) is 1.70. The second kappa shape index (κ2) is 6.65. The number of aromatic nitrogens is 1. The molecule has 1 amide bonds. The van der Waals surface area contributed by atoms with E-state index in [4.69, 9.17) is 4.74 Å². The van der Waals surface area contributed by atoms with Crippen LogP contribution in [0.4, 0.5) is 4.39 Å². The van der Waals surface area contributed by atoms with Crippen molar-refractivity contribution in [3.05, 3.63) is 59.7 Å². The molecule has 1 N–H and O–H groups in total. The van der Waals surface area contributed by atoms with Crippen LogP contribution < -0.4 is 10.1 Å². The van der Waals surface area contributed by atoms with Gasteiger partial charge in [-0.15, -0.1) is 0 Å². The predicted molar refractivity (Wildman–Crippen MR) is 73.0 cm³/mol. The maximum atomic E-state index is 13.6. The van der Waals surface area contributed by atoms with Gasteiger partial charge in [0.2, 0.25) is 0 Å². The summed E-state index contributed by atoms with van der Waals surface area (Å²) in [7, 11) is 0. The number of amides is 1. The summed E-state index contributed by atoms with van der Waals surface area (Å²) in [6, 6.07) is 7.80. The average molecular weight is 274 g/mol. The fourth-order valence-electron chi connectivity index (χ4n) is 1.70. The highest BCUT2D eigenvalue weighted by Crippen LogP contribution is 2.18. The zero-order valence-electron chi connectivity index (χ0n) is 11.1. The highest BCUT2D eigenvalue weighted by atomic mass is 19.1. The highest BCUT2D eigenvalue weighted by Gasteiger charge is 2.10. The summed E-state index contributed by atoms with van der Waals surface area (Å²) in [6.45, 7) is 2.50. The van der Waals surface area contributed by atoms with E-state index in [1.807, 2.05) is 6.07 Å². The number of benzene rings is 1. The molecule has 0 saturated heterocycles. The minimum Gasteiger partial charge on any atom is -0.491 e. The van der Waals surface area contributed by atoms with Gasteiger partial charge in [0.15, 0.2) is 11.6 Å². The number of nitrogens with zero attached hydrogens (tertiary/aromatic N) is 1. The largest absolute Gasteiger partial charge is 0.491 e. The van der Waals surface area contributed by atoms with Crippen LogP contribution in [0.1, 0.15) is 22.8 Å². The van der Waals surface area contributed by atoms with Gasteiger partial charge in [-0.3, -0.25) is 9.78 Å². The van der Waals surface area contributed by atoms with Crippen molar-refractivity contribution in [2.24, 2.45) is 0 Å². The molecule has 5 heteroatoms. The number of carbonyl (C=O) groups is 1. The number of halogens is 1. The van der Waals surface area contributed by atoms with Crippen LogP contribution in [0.15, 0.2) is 42.7 Å². The van der Waals surface area contributed by atoms with Crippen molar-refractivity contribution in [3.63, 3.8) is 0 Å². The van der Waals surface area contributed by atoms with Crippen LogP contribution >= 0.6 is 0 Å². The Morgan fingerprint density at radius 2 is 2.25 bits per heavy atom. The molecule has 0 unspecified atom stereocenters. The normalized spacial score (nSPS) is 10.1. The lowest BCUT2D eigenvalue weighted by molar-refractivity contribution is 0.0950. The average Bonchev–Trinajstić information content (AvgIpc) is 2.48. The monoisotopic (exact) mass is 274 g/mol. The Morgan fingerprint density at radius 1 is 1.40 bits per heavy atom. The van der Waals surface area contributed by atoms with Crippen molar-refractivity contribution in [3.8, 4) is 5.75 Å². The molecule has 20 heavy (non-hydrogen) atoms. The molecule has 1 aromatic heterocycles. The Hall–Kier alpha value is -2.43. The number of carbonyl (C=O) groups excluding carboxylic acids is 1. The SMILES string of the molecule is CCOc1ccc(C(=O)NCc2cccnc2)cc1F. The zero-order valence-corrected chi connectivity index (χ0v) is 11.1. The molecular weight excluding hydrogens is 259 g/mol.